The fourth-order valence-electron chi connectivity index (χ4n) is 3.01. The number of hydrogen-bond donors (Lipinski definition) is 1. The molecule has 3 rings (SSSR count). The van der Waals surface area contributed by atoms with Crippen molar-refractivity contribution in [2.75, 3.05) is 20.8 Å². The van der Waals surface area contributed by atoms with Crippen LogP contribution in [0, 0.1) is 6.92 Å². The molecule has 2 aromatic carbocycles. The molecule has 130 valence electrons. The van der Waals surface area contributed by atoms with Gasteiger partial charge in [-0.05, 0) is 36.6 Å². The summed E-state index contributed by atoms with van der Waals surface area (Å²) in [6, 6.07) is 15.6. The minimum Gasteiger partial charge on any atom is -0.497 e. The van der Waals surface area contributed by atoms with Crippen molar-refractivity contribution in [2.45, 2.75) is 13.5 Å². The van der Waals surface area contributed by atoms with Crippen molar-refractivity contribution in [2.24, 2.45) is 0 Å². The van der Waals surface area contributed by atoms with Gasteiger partial charge < -0.3 is 19.4 Å². The largest absolute Gasteiger partial charge is 0.497 e. The monoisotopic (exact) mass is 338 g/mol. The Labute approximate surface area is 147 Å². The molecule has 5 nitrogen and oxygen atoms in total. The quantitative estimate of drug-likeness (QED) is 0.749. The van der Waals surface area contributed by atoms with Crippen molar-refractivity contribution in [3.05, 3.63) is 59.8 Å². The van der Waals surface area contributed by atoms with Crippen LogP contribution in [0.15, 0.2) is 48.5 Å². The zero-order valence-electron chi connectivity index (χ0n) is 14.7. The van der Waals surface area contributed by atoms with Gasteiger partial charge in [-0.3, -0.25) is 4.79 Å². The zero-order chi connectivity index (χ0) is 17.8. The van der Waals surface area contributed by atoms with Gasteiger partial charge in [-0.1, -0.05) is 18.2 Å². The third-order valence-corrected chi connectivity index (χ3v) is 4.29. The number of rotatable bonds is 6. The van der Waals surface area contributed by atoms with E-state index in [2.05, 4.69) is 35.0 Å². The zero-order valence-corrected chi connectivity index (χ0v) is 14.7. The van der Waals surface area contributed by atoms with Crippen molar-refractivity contribution in [1.82, 2.24) is 9.88 Å². The number of amides is 1. The van der Waals surface area contributed by atoms with Crippen LogP contribution in [-0.4, -0.2) is 31.2 Å². The smallest absolute Gasteiger partial charge is 0.255 e. The van der Waals surface area contributed by atoms with Crippen LogP contribution < -0.4 is 14.8 Å². The maximum absolute atomic E-state index is 12.5. The number of nitrogens with zero attached hydrogens (tertiary/aromatic N) is 1. The molecule has 1 N–H and O–H groups in total. The molecule has 0 radical (unpaired) electrons. The second kappa shape index (κ2) is 7.30. The van der Waals surface area contributed by atoms with Gasteiger partial charge in [-0.2, -0.15) is 0 Å². The molecule has 0 atom stereocenters. The van der Waals surface area contributed by atoms with Gasteiger partial charge in [-0.25, -0.2) is 0 Å². The van der Waals surface area contributed by atoms with E-state index in [1.54, 1.807) is 32.4 Å². The van der Waals surface area contributed by atoms with E-state index < -0.39 is 0 Å². The molecule has 0 spiro atoms. The average molecular weight is 338 g/mol. The summed E-state index contributed by atoms with van der Waals surface area (Å²) in [4.78, 5) is 12.5. The molecule has 1 aromatic heterocycles. The highest BCUT2D eigenvalue weighted by molar-refractivity contribution is 5.97. The van der Waals surface area contributed by atoms with Crippen molar-refractivity contribution in [3.63, 3.8) is 0 Å². The first-order chi connectivity index (χ1) is 12.1. The lowest BCUT2D eigenvalue weighted by Gasteiger charge is -2.12. The van der Waals surface area contributed by atoms with Gasteiger partial charge in [0.05, 0.1) is 19.8 Å². The Kier molecular flexibility index (Phi) is 4.93. The SMILES string of the molecule is COc1ccc(C(=O)NCCn2c(C)cc3ccccc32)c(OC)c1. The number of benzene rings is 2. The van der Waals surface area contributed by atoms with E-state index in [4.69, 9.17) is 9.47 Å². The molecule has 25 heavy (non-hydrogen) atoms. The predicted octanol–water partition coefficient (Wildman–Crippen LogP) is 3.40. The first kappa shape index (κ1) is 16.9. The Balaban J connectivity index is 1.69. The highest BCUT2D eigenvalue weighted by atomic mass is 16.5. The van der Waals surface area contributed by atoms with E-state index >= 15 is 0 Å². The molecule has 5 heteroatoms. The summed E-state index contributed by atoms with van der Waals surface area (Å²) in [5.74, 6) is 0.996. The van der Waals surface area contributed by atoms with Gasteiger partial charge in [0, 0.05) is 30.4 Å². The summed E-state index contributed by atoms with van der Waals surface area (Å²) in [5.41, 5.74) is 2.85. The summed E-state index contributed by atoms with van der Waals surface area (Å²) in [6.07, 6.45) is 0. The van der Waals surface area contributed by atoms with Crippen LogP contribution in [0.25, 0.3) is 10.9 Å². The minimum absolute atomic E-state index is 0.159. The molecular weight excluding hydrogens is 316 g/mol. The summed E-state index contributed by atoms with van der Waals surface area (Å²) >= 11 is 0. The first-order valence-electron chi connectivity index (χ1n) is 8.19. The molecule has 0 saturated carbocycles. The van der Waals surface area contributed by atoms with Gasteiger partial charge in [-0.15, -0.1) is 0 Å². The number of para-hydroxylation sites is 1. The van der Waals surface area contributed by atoms with Crippen LogP contribution in [0.3, 0.4) is 0 Å². The Morgan fingerprint density at radius 2 is 1.88 bits per heavy atom. The number of fused-ring (bicyclic) bond motifs is 1. The maximum Gasteiger partial charge on any atom is 0.255 e. The minimum atomic E-state index is -0.159. The van der Waals surface area contributed by atoms with Gasteiger partial charge in [0.1, 0.15) is 11.5 Å². The molecule has 1 heterocycles. The molecule has 1 amide bonds. The fourth-order valence-corrected chi connectivity index (χ4v) is 3.01. The van der Waals surface area contributed by atoms with Gasteiger partial charge in [0.25, 0.3) is 5.91 Å². The van der Waals surface area contributed by atoms with E-state index in [1.165, 1.54) is 16.6 Å². The number of aryl methyl sites for hydroxylation is 1. The Hall–Kier alpha value is -2.95. The topological polar surface area (TPSA) is 52.5 Å². The number of nitrogens with one attached hydrogen (secondary N) is 1. The second-order valence-corrected chi connectivity index (χ2v) is 5.82. The van der Waals surface area contributed by atoms with Gasteiger partial charge in [0.15, 0.2) is 0 Å². The Bertz CT molecular complexity index is 899. The molecule has 3 aromatic rings. The molecule has 0 bridgehead atoms. The molecule has 0 aliphatic carbocycles. The van der Waals surface area contributed by atoms with E-state index in [1.807, 2.05) is 12.1 Å². The number of carbonyl (C=O) groups excluding carboxylic acids is 1. The van der Waals surface area contributed by atoms with Crippen LogP contribution in [0.5, 0.6) is 11.5 Å². The lowest BCUT2D eigenvalue weighted by molar-refractivity contribution is 0.0949. The molecule has 0 saturated heterocycles. The highest BCUT2D eigenvalue weighted by Gasteiger charge is 2.13. The van der Waals surface area contributed by atoms with Crippen molar-refractivity contribution >= 4 is 16.8 Å². The van der Waals surface area contributed by atoms with Crippen molar-refractivity contribution in [1.29, 1.82) is 0 Å². The Morgan fingerprint density at radius 1 is 1.08 bits per heavy atom. The van der Waals surface area contributed by atoms with E-state index in [-0.39, 0.29) is 5.91 Å². The van der Waals surface area contributed by atoms with Gasteiger partial charge in [0.2, 0.25) is 0 Å². The third kappa shape index (κ3) is 3.45. The number of ether oxygens (including phenoxy) is 2. The van der Waals surface area contributed by atoms with Crippen LogP contribution in [0.1, 0.15) is 16.1 Å². The van der Waals surface area contributed by atoms with Gasteiger partial charge >= 0.3 is 0 Å². The van der Waals surface area contributed by atoms with Crippen LogP contribution in [0.2, 0.25) is 0 Å². The number of hydrogen-bond acceptors (Lipinski definition) is 3. The van der Waals surface area contributed by atoms with Crippen molar-refractivity contribution in [3.8, 4) is 11.5 Å². The maximum atomic E-state index is 12.5. The van der Waals surface area contributed by atoms with E-state index in [0.29, 0.717) is 30.2 Å². The number of carbonyl (C=O) groups is 1. The molecule has 0 fully saturated rings. The van der Waals surface area contributed by atoms with Crippen molar-refractivity contribution < 1.29 is 14.3 Å². The molecule has 0 unspecified atom stereocenters. The Morgan fingerprint density at radius 3 is 2.64 bits per heavy atom. The average Bonchev–Trinajstić information content (AvgIpc) is 2.96. The van der Waals surface area contributed by atoms with Crippen LogP contribution >= 0.6 is 0 Å². The fraction of sp³-hybridized carbons (Fsp3) is 0.250. The van der Waals surface area contributed by atoms with E-state index in [9.17, 15) is 4.79 Å². The molecule has 0 aliphatic heterocycles. The third-order valence-electron chi connectivity index (χ3n) is 4.29. The summed E-state index contributed by atoms with van der Waals surface area (Å²) in [6.45, 7) is 3.32. The normalized spacial score (nSPS) is 10.7. The lowest BCUT2D eigenvalue weighted by Crippen LogP contribution is -2.27. The summed E-state index contributed by atoms with van der Waals surface area (Å²) in [5, 5.41) is 4.17. The van der Waals surface area contributed by atoms with E-state index in [0.717, 1.165) is 0 Å². The highest BCUT2D eigenvalue weighted by Crippen LogP contribution is 2.24. The second-order valence-electron chi connectivity index (χ2n) is 5.82. The lowest BCUT2D eigenvalue weighted by atomic mass is 10.1. The van der Waals surface area contributed by atoms with Crippen LogP contribution in [0.4, 0.5) is 0 Å². The van der Waals surface area contributed by atoms with Crippen LogP contribution in [-0.2, 0) is 6.54 Å². The predicted molar refractivity (Wildman–Crippen MR) is 98.6 cm³/mol. The summed E-state index contributed by atoms with van der Waals surface area (Å²) < 4.78 is 12.7. The molecular formula is C20H22N2O3. The number of methoxy groups -OCH3 is 2. The first-order valence-corrected chi connectivity index (χ1v) is 8.19. The molecule has 0 aliphatic rings. The summed E-state index contributed by atoms with van der Waals surface area (Å²) in [7, 11) is 3.12. The number of aromatic nitrogens is 1. The standard InChI is InChI=1S/C20H22N2O3/c1-14-12-15-6-4-5-7-18(15)22(14)11-10-21-20(23)17-9-8-16(24-2)13-19(17)25-3/h4-9,12-13H,10-11H2,1-3H3,(H,21,23).